The fourth-order valence-electron chi connectivity index (χ4n) is 0.752. The Labute approximate surface area is 69.9 Å². The van der Waals surface area contributed by atoms with Crippen LogP contribution in [-0.2, 0) is 0 Å². The molecule has 0 saturated heterocycles. The van der Waals surface area contributed by atoms with E-state index < -0.39 is 0 Å². The van der Waals surface area contributed by atoms with E-state index in [4.69, 9.17) is 10.9 Å². The molecule has 0 saturated carbocycles. The second-order valence-electron chi connectivity index (χ2n) is 2.03. The molecule has 5 heteroatoms. The summed E-state index contributed by atoms with van der Waals surface area (Å²) in [6.45, 7) is 0. The molecule has 1 aromatic carbocycles. The van der Waals surface area contributed by atoms with E-state index >= 15 is 0 Å². The molecule has 11 heavy (non-hydrogen) atoms. The predicted octanol–water partition coefficient (Wildman–Crippen LogP) is 1.33. The maximum absolute atomic E-state index is 8.58. The number of thiol groups is 1. The Morgan fingerprint density at radius 2 is 2.09 bits per heavy atom. The highest BCUT2D eigenvalue weighted by atomic mass is 32.1. The van der Waals surface area contributed by atoms with Crippen molar-refractivity contribution in [1.29, 1.82) is 0 Å². The summed E-state index contributed by atoms with van der Waals surface area (Å²) in [5.74, 6) is 0. The number of nitrogens with one attached hydrogen (secondary N) is 2. The SMILES string of the molecule is Nc1ccc(NO)c(NS)c1. The number of hydrogen-bond acceptors (Lipinski definition) is 5. The zero-order valence-corrected chi connectivity index (χ0v) is 6.60. The Morgan fingerprint density at radius 1 is 1.36 bits per heavy atom. The van der Waals surface area contributed by atoms with Crippen LogP contribution in [0.2, 0.25) is 0 Å². The molecular weight excluding hydrogens is 162 g/mol. The maximum Gasteiger partial charge on any atom is 0.0843 e. The van der Waals surface area contributed by atoms with Gasteiger partial charge in [-0.15, -0.1) is 0 Å². The van der Waals surface area contributed by atoms with Crippen molar-refractivity contribution in [3.8, 4) is 0 Å². The van der Waals surface area contributed by atoms with Crippen molar-refractivity contribution in [3.63, 3.8) is 0 Å². The maximum atomic E-state index is 8.58. The molecule has 0 unspecified atom stereocenters. The fourth-order valence-corrected chi connectivity index (χ4v) is 0.937. The average Bonchev–Trinajstić information content (AvgIpc) is 2.04. The predicted molar refractivity (Wildman–Crippen MR) is 48.9 cm³/mol. The van der Waals surface area contributed by atoms with Crippen LogP contribution in [0.3, 0.4) is 0 Å². The van der Waals surface area contributed by atoms with Gasteiger partial charge in [0.05, 0.1) is 11.4 Å². The third-order valence-electron chi connectivity index (χ3n) is 1.28. The molecule has 60 valence electrons. The minimum atomic E-state index is 0.536. The molecule has 0 fully saturated rings. The minimum absolute atomic E-state index is 0.536. The molecule has 0 radical (unpaired) electrons. The van der Waals surface area contributed by atoms with Crippen LogP contribution in [0.4, 0.5) is 17.1 Å². The zero-order chi connectivity index (χ0) is 8.27. The highest BCUT2D eigenvalue weighted by Crippen LogP contribution is 2.23. The van der Waals surface area contributed by atoms with Gasteiger partial charge in [-0.25, -0.2) is 0 Å². The van der Waals surface area contributed by atoms with Crippen LogP contribution < -0.4 is 15.9 Å². The van der Waals surface area contributed by atoms with Gasteiger partial charge in [0.2, 0.25) is 0 Å². The summed E-state index contributed by atoms with van der Waals surface area (Å²) in [6.07, 6.45) is 0. The van der Waals surface area contributed by atoms with E-state index in [9.17, 15) is 0 Å². The van der Waals surface area contributed by atoms with E-state index in [1.807, 2.05) is 5.48 Å². The third-order valence-corrected chi connectivity index (χ3v) is 1.53. The van der Waals surface area contributed by atoms with Crippen molar-refractivity contribution in [2.45, 2.75) is 0 Å². The first-order chi connectivity index (χ1) is 5.27. The number of rotatable bonds is 2. The molecule has 0 amide bonds. The van der Waals surface area contributed by atoms with Crippen LogP contribution in [0.15, 0.2) is 18.2 Å². The van der Waals surface area contributed by atoms with Gasteiger partial charge in [-0.05, 0) is 18.2 Å². The summed E-state index contributed by atoms with van der Waals surface area (Å²) in [7, 11) is 0. The van der Waals surface area contributed by atoms with E-state index in [0.717, 1.165) is 0 Å². The number of nitrogen functional groups attached to an aromatic ring is 1. The molecular formula is C6H9N3OS. The van der Waals surface area contributed by atoms with Crippen molar-refractivity contribution in [2.75, 3.05) is 15.9 Å². The van der Waals surface area contributed by atoms with E-state index in [1.54, 1.807) is 18.2 Å². The average molecular weight is 171 g/mol. The van der Waals surface area contributed by atoms with Gasteiger partial charge in [0.25, 0.3) is 0 Å². The summed E-state index contributed by atoms with van der Waals surface area (Å²) < 4.78 is 2.58. The Bertz CT molecular complexity index is 254. The summed E-state index contributed by atoms with van der Waals surface area (Å²) >= 11 is 3.82. The van der Waals surface area contributed by atoms with Crippen LogP contribution in [-0.4, -0.2) is 5.21 Å². The van der Waals surface area contributed by atoms with Gasteiger partial charge in [-0.3, -0.25) is 10.7 Å². The molecule has 0 atom stereocenters. The van der Waals surface area contributed by atoms with Gasteiger partial charge < -0.3 is 10.5 Å². The molecule has 0 aromatic heterocycles. The Hall–Kier alpha value is -1.07. The molecule has 0 heterocycles. The van der Waals surface area contributed by atoms with Crippen LogP contribution in [0.5, 0.6) is 0 Å². The van der Waals surface area contributed by atoms with Crippen molar-refractivity contribution in [2.24, 2.45) is 0 Å². The summed E-state index contributed by atoms with van der Waals surface area (Å²) in [5, 5.41) is 8.58. The van der Waals surface area contributed by atoms with Crippen molar-refractivity contribution < 1.29 is 5.21 Å². The molecule has 4 nitrogen and oxygen atoms in total. The van der Waals surface area contributed by atoms with Crippen molar-refractivity contribution in [3.05, 3.63) is 18.2 Å². The van der Waals surface area contributed by atoms with E-state index in [-0.39, 0.29) is 0 Å². The van der Waals surface area contributed by atoms with Crippen molar-refractivity contribution in [1.82, 2.24) is 0 Å². The highest BCUT2D eigenvalue weighted by Gasteiger charge is 1.98. The Morgan fingerprint density at radius 3 is 2.64 bits per heavy atom. The first kappa shape index (κ1) is 8.03. The molecule has 0 aliphatic heterocycles. The van der Waals surface area contributed by atoms with Crippen LogP contribution in [0.1, 0.15) is 0 Å². The molecule has 5 N–H and O–H groups in total. The van der Waals surface area contributed by atoms with Gasteiger partial charge in [-0.2, -0.15) is 0 Å². The lowest BCUT2D eigenvalue weighted by molar-refractivity contribution is 0.389. The smallest absolute Gasteiger partial charge is 0.0843 e. The normalized spacial score (nSPS) is 9.27. The molecule has 0 bridgehead atoms. The van der Waals surface area contributed by atoms with Gasteiger partial charge in [0.1, 0.15) is 0 Å². The topological polar surface area (TPSA) is 70.3 Å². The second-order valence-corrected chi connectivity index (χ2v) is 2.25. The van der Waals surface area contributed by atoms with Gasteiger partial charge in [-0.1, -0.05) is 12.8 Å². The van der Waals surface area contributed by atoms with E-state index in [2.05, 4.69) is 17.5 Å². The standard InChI is InChI=1S/C6H9N3OS/c7-4-1-2-5(8-10)6(3-4)9-11/h1-3,8-11H,7H2. The zero-order valence-electron chi connectivity index (χ0n) is 5.70. The number of benzene rings is 1. The van der Waals surface area contributed by atoms with E-state index in [1.165, 1.54) is 0 Å². The Balaban J connectivity index is 3.06. The molecule has 1 aromatic rings. The molecule has 0 spiro atoms. The lowest BCUT2D eigenvalue weighted by Gasteiger charge is -2.06. The first-order valence-electron chi connectivity index (χ1n) is 2.97. The lowest BCUT2D eigenvalue weighted by atomic mass is 10.2. The lowest BCUT2D eigenvalue weighted by Crippen LogP contribution is -1.95. The second kappa shape index (κ2) is 3.36. The van der Waals surface area contributed by atoms with Crippen LogP contribution in [0, 0.1) is 0 Å². The summed E-state index contributed by atoms with van der Waals surface area (Å²) in [5.41, 5.74) is 9.26. The summed E-state index contributed by atoms with van der Waals surface area (Å²) in [4.78, 5) is 0. The monoisotopic (exact) mass is 171 g/mol. The van der Waals surface area contributed by atoms with E-state index in [0.29, 0.717) is 17.1 Å². The number of nitrogens with two attached hydrogens (primary N) is 1. The minimum Gasteiger partial charge on any atom is -0.399 e. The van der Waals surface area contributed by atoms with Gasteiger partial charge in [0.15, 0.2) is 0 Å². The number of hydrogen-bond donors (Lipinski definition) is 5. The molecule has 0 aliphatic rings. The van der Waals surface area contributed by atoms with Crippen LogP contribution >= 0.6 is 12.8 Å². The Kier molecular flexibility index (Phi) is 2.45. The van der Waals surface area contributed by atoms with Gasteiger partial charge in [0, 0.05) is 5.69 Å². The highest BCUT2D eigenvalue weighted by molar-refractivity contribution is 7.81. The van der Waals surface area contributed by atoms with Crippen molar-refractivity contribution >= 4 is 29.9 Å². The van der Waals surface area contributed by atoms with Crippen LogP contribution in [0.25, 0.3) is 0 Å². The fraction of sp³-hybridized carbons (Fsp3) is 0. The third kappa shape index (κ3) is 1.69. The molecule has 1 rings (SSSR count). The van der Waals surface area contributed by atoms with Gasteiger partial charge >= 0.3 is 0 Å². The largest absolute Gasteiger partial charge is 0.399 e. The molecule has 0 aliphatic carbocycles. The first-order valence-corrected chi connectivity index (χ1v) is 3.42. The quantitative estimate of drug-likeness (QED) is 0.264. The summed E-state index contributed by atoms with van der Waals surface area (Å²) in [6, 6.07) is 4.98. The number of anilines is 3.